The Morgan fingerprint density at radius 3 is 2.56 bits per heavy atom. The van der Waals surface area contributed by atoms with Crippen LogP contribution in [0.3, 0.4) is 0 Å². The Morgan fingerprint density at radius 1 is 1.33 bits per heavy atom. The summed E-state index contributed by atoms with van der Waals surface area (Å²) in [6.07, 6.45) is 3.84. The zero-order valence-electron chi connectivity index (χ0n) is 12.6. The Labute approximate surface area is 116 Å². The van der Waals surface area contributed by atoms with Crippen LogP contribution < -0.4 is 4.80 Å². The highest BCUT2D eigenvalue weighted by Gasteiger charge is 2.32. The molecule has 0 aromatic carbocycles. The van der Waals surface area contributed by atoms with Crippen LogP contribution in [0.5, 0.6) is 0 Å². The summed E-state index contributed by atoms with van der Waals surface area (Å²) >= 11 is 1.92. The predicted molar refractivity (Wildman–Crippen MR) is 82.2 cm³/mol. The van der Waals surface area contributed by atoms with E-state index in [1.54, 1.807) is 10.6 Å². The summed E-state index contributed by atoms with van der Waals surface area (Å²) in [4.78, 5) is 7.63. The number of hydrogen-bond acceptors (Lipinski definition) is 2. The van der Waals surface area contributed by atoms with Gasteiger partial charge in [-0.2, -0.15) is 0 Å². The molecule has 1 aliphatic rings. The third-order valence-electron chi connectivity index (χ3n) is 3.67. The molecule has 1 aromatic rings. The smallest absolute Gasteiger partial charge is 0.185 e. The molecule has 1 heterocycles. The van der Waals surface area contributed by atoms with Crippen LogP contribution in [-0.2, 0) is 11.7 Å². The summed E-state index contributed by atoms with van der Waals surface area (Å²) in [6, 6.07) is 0.884. The minimum absolute atomic E-state index is 0.333. The van der Waals surface area contributed by atoms with E-state index in [2.05, 4.69) is 47.0 Å². The molecule has 1 unspecified atom stereocenters. The maximum absolute atomic E-state index is 4.83. The second kappa shape index (κ2) is 4.88. The van der Waals surface area contributed by atoms with E-state index in [0.717, 1.165) is 0 Å². The van der Waals surface area contributed by atoms with Gasteiger partial charge in [0.15, 0.2) is 4.80 Å². The van der Waals surface area contributed by atoms with Crippen LogP contribution in [0.2, 0.25) is 0 Å². The Hall–Kier alpha value is -0.505. The number of thiazole rings is 1. The van der Waals surface area contributed by atoms with Gasteiger partial charge >= 0.3 is 0 Å². The Bertz CT molecular complexity index is 494. The highest BCUT2D eigenvalue weighted by atomic mass is 32.1. The van der Waals surface area contributed by atoms with Crippen molar-refractivity contribution in [1.82, 2.24) is 4.57 Å². The third kappa shape index (κ3) is 2.44. The van der Waals surface area contributed by atoms with Gasteiger partial charge in [0.05, 0.1) is 0 Å². The van der Waals surface area contributed by atoms with Crippen molar-refractivity contribution in [3.8, 4) is 0 Å². The van der Waals surface area contributed by atoms with Gasteiger partial charge < -0.3 is 4.57 Å². The minimum atomic E-state index is 0.333. The summed E-state index contributed by atoms with van der Waals surface area (Å²) in [5.41, 5.74) is 1.55. The van der Waals surface area contributed by atoms with Crippen molar-refractivity contribution in [3.05, 3.63) is 15.4 Å². The van der Waals surface area contributed by atoms with Crippen molar-refractivity contribution in [1.29, 1.82) is 0 Å². The van der Waals surface area contributed by atoms with Crippen molar-refractivity contribution in [2.24, 2.45) is 4.99 Å². The largest absolute Gasteiger partial charge is 0.318 e. The second-order valence-corrected chi connectivity index (χ2v) is 7.56. The van der Waals surface area contributed by atoms with E-state index in [9.17, 15) is 0 Å². The molecule has 0 fully saturated rings. The topological polar surface area (TPSA) is 17.3 Å². The number of hydrogen-bond donors (Lipinski definition) is 0. The van der Waals surface area contributed by atoms with Gasteiger partial charge in [0.1, 0.15) is 7.85 Å². The molecule has 1 aliphatic carbocycles. The lowest BCUT2D eigenvalue weighted by Crippen LogP contribution is -2.28. The number of nitrogens with zero attached hydrogens (tertiary/aromatic N) is 2. The zero-order valence-corrected chi connectivity index (χ0v) is 13.4. The van der Waals surface area contributed by atoms with Crippen LogP contribution in [0.15, 0.2) is 4.99 Å². The molecule has 0 radical (unpaired) electrons. The van der Waals surface area contributed by atoms with E-state index < -0.39 is 0 Å². The van der Waals surface area contributed by atoms with Crippen molar-refractivity contribution in [2.45, 2.75) is 71.3 Å². The average molecular weight is 264 g/mol. The van der Waals surface area contributed by atoms with Crippen LogP contribution in [0.25, 0.3) is 0 Å². The summed E-state index contributed by atoms with van der Waals surface area (Å²) in [7, 11) is 2.38. The first kappa shape index (κ1) is 13.9. The lowest BCUT2D eigenvalue weighted by atomic mass is 9.63. The van der Waals surface area contributed by atoms with Crippen LogP contribution in [0.1, 0.15) is 64.1 Å². The van der Waals surface area contributed by atoms with E-state index in [0.29, 0.717) is 17.4 Å². The van der Waals surface area contributed by atoms with Gasteiger partial charge in [-0.1, -0.05) is 6.92 Å². The molecule has 18 heavy (non-hydrogen) atoms. The normalized spacial score (nSPS) is 24.9. The molecule has 0 spiro atoms. The third-order valence-corrected chi connectivity index (χ3v) is 5.14. The van der Waals surface area contributed by atoms with Crippen molar-refractivity contribution in [2.75, 3.05) is 0 Å². The highest BCUT2D eigenvalue weighted by Crippen LogP contribution is 2.37. The van der Waals surface area contributed by atoms with E-state index >= 15 is 0 Å². The Kier molecular flexibility index (Phi) is 3.77. The molecule has 0 bridgehead atoms. The first-order valence-electron chi connectivity index (χ1n) is 7.11. The SMILES string of the molecule is BC1(C)CCCc2c1s/c(=N\C(C)C)n2C(C)C. The lowest BCUT2D eigenvalue weighted by Gasteiger charge is -2.30. The molecule has 0 saturated heterocycles. The molecule has 2 nitrogen and oxygen atoms in total. The minimum Gasteiger partial charge on any atom is -0.318 e. The van der Waals surface area contributed by atoms with E-state index in [1.165, 1.54) is 24.1 Å². The van der Waals surface area contributed by atoms with Crippen LogP contribution in [0, 0.1) is 0 Å². The molecule has 0 aliphatic heterocycles. The first-order valence-corrected chi connectivity index (χ1v) is 7.93. The monoisotopic (exact) mass is 264 g/mol. The van der Waals surface area contributed by atoms with Gasteiger partial charge in [0.25, 0.3) is 0 Å². The van der Waals surface area contributed by atoms with Crippen molar-refractivity contribution < 1.29 is 0 Å². The van der Waals surface area contributed by atoms with Gasteiger partial charge in [0.2, 0.25) is 0 Å². The predicted octanol–water partition coefficient (Wildman–Crippen LogP) is 2.62. The summed E-state index contributed by atoms with van der Waals surface area (Å²) in [6.45, 7) is 11.2. The van der Waals surface area contributed by atoms with E-state index in [1.807, 2.05) is 11.3 Å². The van der Waals surface area contributed by atoms with Crippen LogP contribution in [0.4, 0.5) is 0 Å². The Balaban J connectivity index is 2.67. The molecule has 2 rings (SSSR count). The molecule has 1 aromatic heterocycles. The lowest BCUT2D eigenvalue weighted by molar-refractivity contribution is 0.485. The van der Waals surface area contributed by atoms with Gasteiger partial charge in [-0.15, -0.1) is 11.3 Å². The first-order chi connectivity index (χ1) is 8.33. The van der Waals surface area contributed by atoms with Crippen LogP contribution >= 0.6 is 11.3 Å². The average Bonchev–Trinajstić information content (AvgIpc) is 2.56. The van der Waals surface area contributed by atoms with Crippen molar-refractivity contribution >= 4 is 19.2 Å². The zero-order chi connectivity index (χ0) is 13.5. The van der Waals surface area contributed by atoms with Crippen molar-refractivity contribution in [3.63, 3.8) is 0 Å². The molecule has 100 valence electrons. The number of fused-ring (bicyclic) bond motifs is 1. The number of rotatable bonds is 2. The highest BCUT2D eigenvalue weighted by molar-refractivity contribution is 7.09. The van der Waals surface area contributed by atoms with Crippen LogP contribution in [-0.4, -0.2) is 18.5 Å². The van der Waals surface area contributed by atoms with Gasteiger partial charge in [0, 0.05) is 22.7 Å². The second-order valence-electron chi connectivity index (χ2n) is 6.58. The van der Waals surface area contributed by atoms with Gasteiger partial charge in [-0.25, -0.2) is 0 Å². The maximum Gasteiger partial charge on any atom is 0.185 e. The van der Waals surface area contributed by atoms with E-state index in [4.69, 9.17) is 4.99 Å². The summed E-state index contributed by atoms with van der Waals surface area (Å²) < 4.78 is 2.47. The quantitative estimate of drug-likeness (QED) is 0.731. The molecular formula is C14H25BN2S. The fourth-order valence-electron chi connectivity index (χ4n) is 2.84. The van der Waals surface area contributed by atoms with Gasteiger partial charge in [-0.05, 0) is 52.3 Å². The maximum atomic E-state index is 4.83. The fraction of sp³-hybridized carbons (Fsp3) is 0.786. The molecule has 0 saturated carbocycles. The molecule has 0 N–H and O–H groups in total. The standard InChI is InChI=1S/C14H25BN2S/c1-9(2)16-13-17(10(3)4)11-7-6-8-14(5,15)12(11)18-13/h9-10H,6-8,15H2,1-5H3/b16-13-. The Morgan fingerprint density at radius 2 is 2.00 bits per heavy atom. The van der Waals surface area contributed by atoms with Gasteiger partial charge in [-0.3, -0.25) is 4.99 Å². The summed E-state index contributed by atoms with van der Waals surface area (Å²) in [5.74, 6) is 0. The fourth-order valence-corrected chi connectivity index (χ4v) is 4.40. The number of aromatic nitrogens is 1. The summed E-state index contributed by atoms with van der Waals surface area (Å²) in [5, 5.41) is 0.333. The molecule has 1 atom stereocenters. The molecule has 4 heteroatoms. The molecular weight excluding hydrogens is 239 g/mol. The molecule has 0 amide bonds. The van der Waals surface area contributed by atoms with E-state index in [-0.39, 0.29) is 0 Å².